The van der Waals surface area contributed by atoms with Crippen molar-refractivity contribution < 1.29 is 4.74 Å². The van der Waals surface area contributed by atoms with Gasteiger partial charge < -0.3 is 13.9 Å². The van der Waals surface area contributed by atoms with Gasteiger partial charge in [-0.1, -0.05) is 66.7 Å². The van der Waals surface area contributed by atoms with Crippen molar-refractivity contribution in [2.45, 2.75) is 0 Å². The van der Waals surface area contributed by atoms with E-state index in [2.05, 4.69) is 123 Å². The van der Waals surface area contributed by atoms with Crippen LogP contribution in [0.1, 0.15) is 0 Å². The number of hydrogen-bond donors (Lipinski definition) is 0. The van der Waals surface area contributed by atoms with Crippen LogP contribution < -0.4 is 21.1 Å². The maximum atomic E-state index is 6.52. The standard InChI is InChI=1S/C35H20BN3O/c1-3-11-27-24(7-1)32-28(38(27)21-17-19-37-20-18-21)16-15-23-22-8-5-10-26-34(22)39(35(23)32)29-12-6-14-31-33(29)36(26)25-9-2-4-13-30(25)40-31/h1-20H. The number of rotatable bonds is 1. The Bertz CT molecular complexity index is 2370. The van der Waals surface area contributed by atoms with Gasteiger partial charge in [-0.2, -0.15) is 0 Å². The Morgan fingerprint density at radius 2 is 1.30 bits per heavy atom. The fraction of sp³-hybridized carbons (Fsp3) is 0. The molecule has 0 bridgehead atoms. The van der Waals surface area contributed by atoms with Crippen molar-refractivity contribution in [2.24, 2.45) is 0 Å². The van der Waals surface area contributed by atoms with Gasteiger partial charge in [-0.25, -0.2) is 0 Å². The van der Waals surface area contributed by atoms with Crippen molar-refractivity contribution in [1.29, 1.82) is 0 Å². The minimum Gasteiger partial charge on any atom is -0.458 e. The molecule has 0 atom stereocenters. The van der Waals surface area contributed by atoms with Crippen molar-refractivity contribution in [3.63, 3.8) is 0 Å². The Kier molecular flexibility index (Phi) is 3.73. The van der Waals surface area contributed by atoms with E-state index in [1.54, 1.807) is 0 Å². The first-order valence-electron chi connectivity index (χ1n) is 13.7. The first kappa shape index (κ1) is 20.6. The predicted octanol–water partition coefficient (Wildman–Crippen LogP) is 6.21. The first-order valence-corrected chi connectivity index (χ1v) is 13.7. The Labute approximate surface area is 229 Å². The van der Waals surface area contributed by atoms with Crippen LogP contribution in [0.5, 0.6) is 11.5 Å². The van der Waals surface area contributed by atoms with Crippen LogP contribution in [0.4, 0.5) is 0 Å². The van der Waals surface area contributed by atoms with Gasteiger partial charge in [0.15, 0.2) is 0 Å². The Morgan fingerprint density at radius 3 is 2.25 bits per heavy atom. The average molecular weight is 509 g/mol. The summed E-state index contributed by atoms with van der Waals surface area (Å²) in [4.78, 5) is 4.28. The molecule has 40 heavy (non-hydrogen) atoms. The normalized spacial score (nSPS) is 13.2. The van der Waals surface area contributed by atoms with Gasteiger partial charge in [-0.15, -0.1) is 0 Å². The molecule has 0 saturated carbocycles. The molecule has 5 heterocycles. The number of aromatic nitrogens is 3. The molecule has 0 amide bonds. The van der Waals surface area contributed by atoms with Crippen molar-refractivity contribution in [3.05, 3.63) is 122 Å². The number of pyridine rings is 1. The number of nitrogens with zero attached hydrogens (tertiary/aromatic N) is 3. The Balaban J connectivity index is 1.45. The van der Waals surface area contributed by atoms with Crippen molar-refractivity contribution in [3.8, 4) is 22.9 Å². The molecule has 0 radical (unpaired) electrons. The van der Waals surface area contributed by atoms with Crippen LogP contribution in [0.25, 0.3) is 55.0 Å². The van der Waals surface area contributed by atoms with Gasteiger partial charge >= 0.3 is 0 Å². The van der Waals surface area contributed by atoms with E-state index in [0.717, 1.165) is 17.2 Å². The summed E-state index contributed by atoms with van der Waals surface area (Å²) in [7, 11) is 0. The van der Waals surface area contributed by atoms with Crippen LogP contribution in [0.2, 0.25) is 0 Å². The number of para-hydroxylation sites is 3. The number of ether oxygens (including phenoxy) is 1. The van der Waals surface area contributed by atoms with E-state index in [-0.39, 0.29) is 6.71 Å². The molecule has 5 aromatic carbocycles. The molecule has 3 aromatic heterocycles. The summed E-state index contributed by atoms with van der Waals surface area (Å²) in [6.07, 6.45) is 3.73. The van der Waals surface area contributed by atoms with Crippen LogP contribution in [0, 0.1) is 0 Å². The fourth-order valence-corrected chi connectivity index (χ4v) is 7.39. The second-order valence-corrected chi connectivity index (χ2v) is 10.8. The van der Waals surface area contributed by atoms with Gasteiger partial charge in [-0.3, -0.25) is 4.98 Å². The molecule has 0 unspecified atom stereocenters. The minimum atomic E-state index is 0.130. The molecule has 4 nitrogen and oxygen atoms in total. The van der Waals surface area contributed by atoms with Gasteiger partial charge in [0.25, 0.3) is 6.71 Å². The van der Waals surface area contributed by atoms with Gasteiger partial charge in [0.05, 0.1) is 16.6 Å². The number of fused-ring (bicyclic) bond motifs is 11. The minimum absolute atomic E-state index is 0.130. The summed E-state index contributed by atoms with van der Waals surface area (Å²) in [6, 6.07) is 39.3. The molecular weight excluding hydrogens is 489 g/mol. The monoisotopic (exact) mass is 509 g/mol. The van der Waals surface area contributed by atoms with Crippen molar-refractivity contribution in [2.75, 3.05) is 0 Å². The molecule has 10 rings (SSSR count). The van der Waals surface area contributed by atoms with Gasteiger partial charge in [0, 0.05) is 50.8 Å². The zero-order valence-electron chi connectivity index (χ0n) is 21.4. The van der Waals surface area contributed by atoms with E-state index in [9.17, 15) is 0 Å². The molecule has 0 spiro atoms. The van der Waals surface area contributed by atoms with Crippen LogP contribution in [-0.2, 0) is 0 Å². The molecule has 0 saturated heterocycles. The van der Waals surface area contributed by atoms with Gasteiger partial charge in [0.2, 0.25) is 0 Å². The Hall–Kier alpha value is -5.29. The first-order chi connectivity index (χ1) is 19.9. The highest BCUT2D eigenvalue weighted by Crippen LogP contribution is 2.43. The van der Waals surface area contributed by atoms with Crippen LogP contribution in [-0.4, -0.2) is 20.8 Å². The quantitative estimate of drug-likeness (QED) is 0.247. The SMILES string of the molecule is c1ccc2c(c1)Oc1cccc3c1B2c1cccc2c4ccc5c(c6ccccc6n5-c5ccncc5)c4n-3c12. The van der Waals surface area contributed by atoms with E-state index in [1.807, 2.05) is 12.4 Å². The zero-order chi connectivity index (χ0) is 25.9. The molecule has 184 valence electrons. The lowest BCUT2D eigenvalue weighted by atomic mass is 9.34. The molecule has 0 fully saturated rings. The predicted molar refractivity (Wildman–Crippen MR) is 164 cm³/mol. The summed E-state index contributed by atoms with van der Waals surface area (Å²) in [6.45, 7) is 0.130. The van der Waals surface area contributed by atoms with Gasteiger partial charge in [0.1, 0.15) is 11.5 Å². The van der Waals surface area contributed by atoms with E-state index in [4.69, 9.17) is 4.74 Å². The zero-order valence-corrected chi connectivity index (χ0v) is 21.4. The molecule has 5 heteroatoms. The maximum Gasteiger partial charge on any atom is 0.256 e. The van der Waals surface area contributed by atoms with Crippen molar-refractivity contribution in [1.82, 2.24) is 14.1 Å². The number of benzene rings is 5. The highest BCUT2D eigenvalue weighted by molar-refractivity contribution is 6.99. The second-order valence-electron chi connectivity index (χ2n) is 10.8. The van der Waals surface area contributed by atoms with Crippen LogP contribution in [0.3, 0.4) is 0 Å². The average Bonchev–Trinajstić information content (AvgIpc) is 3.53. The van der Waals surface area contributed by atoms with E-state index >= 15 is 0 Å². The molecule has 0 N–H and O–H groups in total. The van der Waals surface area contributed by atoms with Crippen molar-refractivity contribution >= 4 is 66.7 Å². The van der Waals surface area contributed by atoms with Crippen LogP contribution in [0.15, 0.2) is 122 Å². The summed E-state index contributed by atoms with van der Waals surface area (Å²) >= 11 is 0. The lowest BCUT2D eigenvalue weighted by molar-refractivity contribution is 0.487. The van der Waals surface area contributed by atoms with Crippen LogP contribution >= 0.6 is 0 Å². The molecular formula is C35H20BN3O. The lowest BCUT2D eigenvalue weighted by Gasteiger charge is -2.33. The second kappa shape index (κ2) is 7.22. The molecule has 0 aliphatic carbocycles. The molecule has 2 aliphatic heterocycles. The Morgan fingerprint density at radius 1 is 0.550 bits per heavy atom. The van der Waals surface area contributed by atoms with E-state index < -0.39 is 0 Å². The third-order valence-electron chi connectivity index (χ3n) is 8.87. The van der Waals surface area contributed by atoms with Gasteiger partial charge in [-0.05, 0) is 58.9 Å². The topological polar surface area (TPSA) is 32.0 Å². The highest BCUT2D eigenvalue weighted by Gasteiger charge is 2.40. The van der Waals surface area contributed by atoms with E-state index in [1.165, 1.54) is 65.7 Å². The smallest absolute Gasteiger partial charge is 0.256 e. The molecule has 2 aliphatic rings. The summed E-state index contributed by atoms with van der Waals surface area (Å²) in [5, 5.41) is 5.07. The lowest BCUT2D eigenvalue weighted by Crippen LogP contribution is -2.58. The third kappa shape index (κ3) is 2.37. The molecule has 8 aromatic rings. The third-order valence-corrected chi connectivity index (χ3v) is 8.87. The summed E-state index contributed by atoms with van der Waals surface area (Å²) < 4.78 is 11.4. The summed E-state index contributed by atoms with van der Waals surface area (Å²) in [5.41, 5.74) is 11.0. The van der Waals surface area contributed by atoms with E-state index in [0.29, 0.717) is 0 Å². The largest absolute Gasteiger partial charge is 0.458 e. The fourth-order valence-electron chi connectivity index (χ4n) is 7.39. The number of hydrogen-bond acceptors (Lipinski definition) is 2. The highest BCUT2D eigenvalue weighted by atomic mass is 16.5. The maximum absolute atomic E-state index is 6.52. The summed E-state index contributed by atoms with van der Waals surface area (Å²) in [5.74, 6) is 1.89.